The molecule has 1 amide bonds. The van der Waals surface area contributed by atoms with Crippen LogP contribution >= 0.6 is 0 Å². The maximum atomic E-state index is 12.6. The third-order valence-electron chi connectivity index (χ3n) is 5.49. The van der Waals surface area contributed by atoms with Gasteiger partial charge in [0.2, 0.25) is 0 Å². The van der Waals surface area contributed by atoms with Gasteiger partial charge in [0.05, 0.1) is 34.5 Å². The van der Waals surface area contributed by atoms with Crippen LogP contribution < -0.4 is 10.6 Å². The van der Waals surface area contributed by atoms with E-state index in [0.29, 0.717) is 47.1 Å². The molecule has 1 saturated carbocycles. The molecule has 1 aliphatic rings. The van der Waals surface area contributed by atoms with Crippen molar-refractivity contribution in [1.29, 1.82) is 0 Å². The number of pyridine rings is 1. The summed E-state index contributed by atoms with van der Waals surface area (Å²) in [4.78, 5) is 27.2. The van der Waals surface area contributed by atoms with E-state index < -0.39 is 10.0 Å². The number of nitrogens with zero attached hydrogens (tertiary/aromatic N) is 6. The van der Waals surface area contributed by atoms with Gasteiger partial charge in [-0.15, -0.1) is 0 Å². The first-order valence-electron chi connectivity index (χ1n) is 11.1. The van der Waals surface area contributed by atoms with Gasteiger partial charge < -0.3 is 15.5 Å². The maximum Gasteiger partial charge on any atom is 0.257 e. The lowest BCUT2D eigenvalue weighted by atomic mass is 10.1. The van der Waals surface area contributed by atoms with Crippen LogP contribution in [0, 0.1) is 0 Å². The molecule has 4 rings (SSSR count). The lowest BCUT2D eigenvalue weighted by Gasteiger charge is -2.19. The van der Waals surface area contributed by atoms with Crippen molar-refractivity contribution in [1.82, 2.24) is 29.0 Å². The van der Waals surface area contributed by atoms with E-state index in [2.05, 4.69) is 37.6 Å². The maximum absolute atomic E-state index is 12.6. The topological polar surface area (TPSA) is 135 Å². The average Bonchev–Trinajstić information content (AvgIpc) is 3.56. The van der Waals surface area contributed by atoms with Crippen LogP contribution in [0.15, 0.2) is 36.9 Å². The van der Waals surface area contributed by atoms with Gasteiger partial charge >= 0.3 is 0 Å². The molecule has 2 N–H and O–H groups in total. The first kappa shape index (κ1) is 23.6. The molecule has 1 aliphatic carbocycles. The number of anilines is 3. The number of aromatic nitrogens is 5. The van der Waals surface area contributed by atoms with Gasteiger partial charge in [-0.25, -0.2) is 23.4 Å². The van der Waals surface area contributed by atoms with Crippen LogP contribution in [0.3, 0.4) is 0 Å². The summed E-state index contributed by atoms with van der Waals surface area (Å²) >= 11 is 0. The normalized spacial score (nSPS) is 14.5. The van der Waals surface area contributed by atoms with Crippen molar-refractivity contribution < 1.29 is 13.2 Å². The molecule has 0 radical (unpaired) electrons. The minimum Gasteiger partial charge on any atom is -0.382 e. The molecule has 0 aliphatic heterocycles. The zero-order valence-electron chi connectivity index (χ0n) is 19.6. The van der Waals surface area contributed by atoms with Crippen LogP contribution in [-0.4, -0.2) is 68.7 Å². The number of carbonyl (C=O) groups excluding carboxylic acids is 1. The van der Waals surface area contributed by atoms with Crippen LogP contribution in [0.4, 0.5) is 17.3 Å². The Kier molecular flexibility index (Phi) is 6.51. The van der Waals surface area contributed by atoms with Crippen LogP contribution in [0.1, 0.15) is 43.5 Å². The van der Waals surface area contributed by atoms with Crippen molar-refractivity contribution in [2.75, 3.05) is 24.7 Å². The molecule has 180 valence electrons. The molecule has 0 unspecified atom stereocenters. The summed E-state index contributed by atoms with van der Waals surface area (Å²) in [6.07, 6.45) is 8.18. The quantitative estimate of drug-likeness (QED) is 0.470. The molecule has 1 fully saturated rings. The average molecular weight is 485 g/mol. The molecule has 34 heavy (non-hydrogen) atoms. The second kappa shape index (κ2) is 9.37. The number of amides is 1. The van der Waals surface area contributed by atoms with Crippen LogP contribution in [0.25, 0.3) is 11.4 Å². The van der Waals surface area contributed by atoms with Gasteiger partial charge in [-0.2, -0.15) is 9.19 Å². The predicted molar refractivity (Wildman–Crippen MR) is 130 cm³/mol. The Bertz CT molecular complexity index is 1300. The highest BCUT2D eigenvalue weighted by Gasteiger charge is 2.37. The summed E-state index contributed by atoms with van der Waals surface area (Å²) in [5.41, 5.74) is 1.64. The standard InChI is InChI=1S/C22H28N8O3S/c1-5-14(2)26-18-10-20(24-12-17(18)22(31)29(3)4)27-19-8-9-23-21(28-19)15-11-25-30(13-15)34(32,33)16-6-7-16/h8-14,16H,5-7H2,1-4H3,(H2,23,24,26,27,28)/t14-/m0/s1. The molecule has 0 saturated heterocycles. The monoisotopic (exact) mass is 484 g/mol. The summed E-state index contributed by atoms with van der Waals surface area (Å²) in [5.74, 6) is 1.15. The minimum absolute atomic E-state index is 0.146. The molecule has 3 aromatic heterocycles. The Morgan fingerprint density at radius 2 is 2.00 bits per heavy atom. The highest BCUT2D eigenvalue weighted by atomic mass is 32.2. The number of nitrogens with one attached hydrogen (secondary N) is 2. The highest BCUT2D eigenvalue weighted by Crippen LogP contribution is 2.30. The van der Waals surface area contributed by atoms with Crippen LogP contribution in [0.5, 0.6) is 0 Å². The van der Waals surface area contributed by atoms with Crippen molar-refractivity contribution in [2.24, 2.45) is 0 Å². The second-order valence-corrected chi connectivity index (χ2v) is 10.6. The first-order chi connectivity index (χ1) is 16.2. The van der Waals surface area contributed by atoms with E-state index in [1.807, 2.05) is 6.92 Å². The van der Waals surface area contributed by atoms with E-state index in [-0.39, 0.29) is 17.2 Å². The largest absolute Gasteiger partial charge is 0.382 e. The van der Waals surface area contributed by atoms with E-state index in [4.69, 9.17) is 0 Å². The molecule has 0 aromatic carbocycles. The van der Waals surface area contributed by atoms with Crippen molar-refractivity contribution in [3.8, 4) is 11.4 Å². The molecule has 0 bridgehead atoms. The van der Waals surface area contributed by atoms with Crippen LogP contribution in [0.2, 0.25) is 0 Å². The Hall–Kier alpha value is -3.54. The molecular weight excluding hydrogens is 456 g/mol. The SMILES string of the molecule is CC[C@H](C)Nc1cc(Nc2ccnc(-c3cnn(S(=O)(=O)C4CC4)c3)n2)ncc1C(=O)N(C)C. The number of rotatable bonds is 9. The Morgan fingerprint density at radius 1 is 1.24 bits per heavy atom. The second-order valence-electron chi connectivity index (χ2n) is 8.50. The zero-order valence-corrected chi connectivity index (χ0v) is 20.4. The minimum atomic E-state index is -3.46. The van der Waals surface area contributed by atoms with E-state index in [1.165, 1.54) is 23.5 Å². The molecule has 1 atom stereocenters. The van der Waals surface area contributed by atoms with Gasteiger partial charge in [-0.3, -0.25) is 4.79 Å². The van der Waals surface area contributed by atoms with E-state index in [0.717, 1.165) is 10.5 Å². The summed E-state index contributed by atoms with van der Waals surface area (Å²) in [6.45, 7) is 4.10. The van der Waals surface area contributed by atoms with Crippen molar-refractivity contribution in [3.05, 3.63) is 42.5 Å². The van der Waals surface area contributed by atoms with Crippen LogP contribution in [-0.2, 0) is 10.0 Å². The summed E-state index contributed by atoms with van der Waals surface area (Å²) < 4.78 is 25.8. The Labute approximate surface area is 198 Å². The Morgan fingerprint density at radius 3 is 2.68 bits per heavy atom. The fourth-order valence-corrected chi connectivity index (χ4v) is 4.67. The van der Waals surface area contributed by atoms with E-state index in [1.54, 1.807) is 32.4 Å². The summed E-state index contributed by atoms with van der Waals surface area (Å²) in [5, 5.41) is 10.1. The molecular formula is C22H28N8O3S. The van der Waals surface area contributed by atoms with Gasteiger partial charge in [0.25, 0.3) is 15.9 Å². The predicted octanol–water partition coefficient (Wildman–Crippen LogP) is 2.73. The highest BCUT2D eigenvalue weighted by molar-refractivity contribution is 7.90. The van der Waals surface area contributed by atoms with Gasteiger partial charge in [0.1, 0.15) is 11.6 Å². The lowest BCUT2D eigenvalue weighted by molar-refractivity contribution is 0.0828. The van der Waals surface area contributed by atoms with E-state index >= 15 is 0 Å². The Balaban J connectivity index is 1.59. The number of hydrogen-bond acceptors (Lipinski definition) is 9. The summed E-state index contributed by atoms with van der Waals surface area (Å²) in [7, 11) is -0.0668. The van der Waals surface area contributed by atoms with Gasteiger partial charge in [-0.05, 0) is 32.3 Å². The summed E-state index contributed by atoms with van der Waals surface area (Å²) in [6, 6.07) is 3.61. The van der Waals surface area contributed by atoms with Crippen molar-refractivity contribution in [2.45, 2.75) is 44.4 Å². The fourth-order valence-electron chi connectivity index (χ4n) is 3.20. The van der Waals surface area contributed by atoms with Gasteiger partial charge in [0.15, 0.2) is 5.82 Å². The lowest BCUT2D eigenvalue weighted by Crippen LogP contribution is -2.25. The van der Waals surface area contributed by atoms with Crippen molar-refractivity contribution >= 4 is 33.3 Å². The third-order valence-corrected chi connectivity index (χ3v) is 7.53. The smallest absolute Gasteiger partial charge is 0.257 e. The number of hydrogen-bond donors (Lipinski definition) is 2. The van der Waals surface area contributed by atoms with E-state index in [9.17, 15) is 13.2 Å². The molecule has 11 nitrogen and oxygen atoms in total. The molecule has 0 spiro atoms. The fraction of sp³-hybridized carbons (Fsp3) is 0.409. The molecule has 12 heteroatoms. The van der Waals surface area contributed by atoms with Gasteiger partial charge in [0, 0.05) is 38.6 Å². The molecule has 3 aromatic rings. The third kappa shape index (κ3) is 5.01. The molecule has 3 heterocycles. The number of carbonyl (C=O) groups is 1. The van der Waals surface area contributed by atoms with Gasteiger partial charge in [-0.1, -0.05) is 6.92 Å². The zero-order chi connectivity index (χ0) is 24.5. The van der Waals surface area contributed by atoms with Crippen molar-refractivity contribution in [3.63, 3.8) is 0 Å². The first-order valence-corrected chi connectivity index (χ1v) is 12.6.